The molecule has 7 rings (SSSR count). The number of benzene rings is 4. The van der Waals surface area contributed by atoms with Crippen LogP contribution in [-0.2, 0) is 43.7 Å². The average molecular weight is 941 g/mol. The number of ketones is 2. The molecule has 2 aliphatic heterocycles. The lowest BCUT2D eigenvalue weighted by Gasteiger charge is -2.33. The predicted octanol–water partition coefficient (Wildman–Crippen LogP) is 7.53. The van der Waals surface area contributed by atoms with E-state index in [1.165, 1.54) is 24.0 Å². The van der Waals surface area contributed by atoms with E-state index in [-0.39, 0.29) is 37.5 Å². The normalized spacial score (nSPS) is 17.6. The number of Topliss-reactive ketones (excluding diaryl/α,β-unsaturated/α-hetero) is 2. The number of carbonyl (C=O) groups is 8. The first-order chi connectivity index (χ1) is 33.3. The zero-order chi connectivity index (χ0) is 49.2. The van der Waals surface area contributed by atoms with Gasteiger partial charge in [-0.15, -0.1) is 0 Å². The largest absolute Gasteiger partial charge is 0.453 e. The standard InChI is InChI=1S/C53H60N6O10/c1-5-7-15-25-53(26-16-8-6-2)41-27-35(54-47(62)43-29-37(60)31-58(43)49(64)45(56-51(66)68-3)33-17-11-9-12-18-33)21-23-39(41)40-24-22-36(28-42(40)53)55-48(63)44-30-38(61)32-59(44)50(65)46(57-52(67)69-4)34-19-13-10-14-20-34/h9-14,17-24,27-28,43-46H,5-8,15-16,25-26,29-32H2,1-4H3,(H,54,62)(H,55,63)(H,56,66)(H,57,67)/t43-,44-,45+,46+/m0/s1. The monoisotopic (exact) mass is 940 g/mol. The number of anilines is 2. The van der Waals surface area contributed by atoms with Crippen molar-refractivity contribution in [3.8, 4) is 11.1 Å². The Hall–Kier alpha value is -7.36. The molecule has 4 aromatic rings. The second-order valence-corrected chi connectivity index (χ2v) is 17.9. The summed E-state index contributed by atoms with van der Waals surface area (Å²) in [6.45, 7) is 3.69. The van der Waals surface area contributed by atoms with E-state index in [1.54, 1.807) is 72.8 Å². The van der Waals surface area contributed by atoms with Gasteiger partial charge in [0.25, 0.3) is 11.8 Å². The Labute approximate surface area is 401 Å². The Kier molecular flexibility index (Phi) is 15.9. The SMILES string of the molecule is CCCCCC1(CCCCC)c2cc(NC(=O)[C@@H]3CC(=O)CN3C(=O)[C@H](NC(=O)OC)c3ccccc3)ccc2-c2ccc(NC(=O)[C@@H]3CC(=O)CN3C(=O)[C@H](NC(=O)OC)c3ccccc3)cc21. The van der Waals surface area contributed by atoms with Crippen LogP contribution in [0.4, 0.5) is 21.0 Å². The van der Waals surface area contributed by atoms with Crippen LogP contribution in [0.2, 0.25) is 0 Å². The smallest absolute Gasteiger partial charge is 0.407 e. The third kappa shape index (κ3) is 10.8. The molecule has 0 spiro atoms. The van der Waals surface area contributed by atoms with Gasteiger partial charge in [-0.3, -0.25) is 28.8 Å². The van der Waals surface area contributed by atoms with Crippen molar-refractivity contribution in [3.05, 3.63) is 119 Å². The highest BCUT2D eigenvalue weighted by Crippen LogP contribution is 2.55. The molecule has 1 aliphatic carbocycles. The highest BCUT2D eigenvalue weighted by Gasteiger charge is 2.46. The van der Waals surface area contributed by atoms with Gasteiger partial charge in [0.15, 0.2) is 11.6 Å². The maximum Gasteiger partial charge on any atom is 0.407 e. The molecule has 0 bridgehead atoms. The van der Waals surface area contributed by atoms with E-state index in [9.17, 15) is 38.4 Å². The third-order valence-electron chi connectivity index (χ3n) is 13.4. The lowest BCUT2D eigenvalue weighted by molar-refractivity contribution is -0.138. The number of hydrogen-bond acceptors (Lipinski definition) is 10. The maximum absolute atomic E-state index is 14.2. The summed E-state index contributed by atoms with van der Waals surface area (Å²) in [7, 11) is 2.37. The third-order valence-corrected chi connectivity index (χ3v) is 13.4. The number of amides is 6. The molecule has 0 unspecified atom stereocenters. The van der Waals surface area contributed by atoms with Gasteiger partial charge >= 0.3 is 12.2 Å². The minimum Gasteiger partial charge on any atom is -0.453 e. The number of nitrogens with zero attached hydrogens (tertiary/aromatic N) is 2. The van der Waals surface area contributed by atoms with Gasteiger partial charge in [-0.1, -0.05) is 125 Å². The summed E-state index contributed by atoms with van der Waals surface area (Å²) < 4.78 is 9.59. The number of ether oxygens (including phenoxy) is 2. The zero-order valence-electron chi connectivity index (χ0n) is 39.5. The van der Waals surface area contributed by atoms with Gasteiger partial charge in [-0.25, -0.2) is 9.59 Å². The van der Waals surface area contributed by atoms with E-state index in [0.29, 0.717) is 22.5 Å². The Bertz CT molecular complexity index is 2410. The topological polar surface area (TPSA) is 210 Å². The molecule has 69 heavy (non-hydrogen) atoms. The minimum atomic E-state index is -1.20. The number of methoxy groups -OCH3 is 2. The summed E-state index contributed by atoms with van der Waals surface area (Å²) >= 11 is 0. The van der Waals surface area contributed by atoms with Crippen LogP contribution in [0.3, 0.4) is 0 Å². The molecular formula is C53H60N6O10. The second-order valence-electron chi connectivity index (χ2n) is 17.9. The van der Waals surface area contributed by atoms with Crippen molar-refractivity contribution in [2.24, 2.45) is 0 Å². The van der Waals surface area contributed by atoms with Crippen LogP contribution in [0, 0.1) is 0 Å². The summed E-state index contributed by atoms with van der Waals surface area (Å²) in [5.41, 5.74) is 5.34. The predicted molar refractivity (Wildman–Crippen MR) is 258 cm³/mol. The van der Waals surface area contributed by atoms with Crippen molar-refractivity contribution in [2.45, 2.75) is 108 Å². The molecule has 0 radical (unpaired) electrons. The highest BCUT2D eigenvalue weighted by atomic mass is 16.5. The van der Waals surface area contributed by atoms with Crippen molar-refractivity contribution in [1.82, 2.24) is 20.4 Å². The van der Waals surface area contributed by atoms with Crippen LogP contribution in [0.15, 0.2) is 97.1 Å². The van der Waals surface area contributed by atoms with Crippen molar-refractivity contribution in [1.29, 1.82) is 0 Å². The highest BCUT2D eigenvalue weighted by molar-refractivity contribution is 6.06. The lowest BCUT2D eigenvalue weighted by atomic mass is 9.70. The summed E-state index contributed by atoms with van der Waals surface area (Å²) in [6, 6.07) is 23.9. The summed E-state index contributed by atoms with van der Waals surface area (Å²) in [6.07, 6.45) is 5.23. The molecule has 16 heteroatoms. The Morgan fingerprint density at radius 3 is 1.33 bits per heavy atom. The fourth-order valence-corrected chi connectivity index (χ4v) is 9.98. The van der Waals surface area contributed by atoms with Gasteiger partial charge in [0.05, 0.1) is 27.3 Å². The van der Waals surface area contributed by atoms with Gasteiger partial charge in [0.2, 0.25) is 11.8 Å². The van der Waals surface area contributed by atoms with E-state index >= 15 is 0 Å². The molecule has 2 saturated heterocycles. The van der Waals surface area contributed by atoms with Gasteiger partial charge in [-0.2, -0.15) is 0 Å². The van der Waals surface area contributed by atoms with E-state index in [2.05, 4.69) is 35.1 Å². The van der Waals surface area contributed by atoms with Crippen molar-refractivity contribution >= 4 is 58.8 Å². The van der Waals surface area contributed by atoms with Crippen LogP contribution in [0.1, 0.15) is 112 Å². The number of alkyl carbamates (subject to hydrolysis) is 2. The summed E-state index contributed by atoms with van der Waals surface area (Å²) in [5, 5.41) is 11.2. The first-order valence-electron chi connectivity index (χ1n) is 23.7. The van der Waals surface area contributed by atoms with Gasteiger partial charge in [0, 0.05) is 29.6 Å². The molecule has 6 amide bonds. The molecule has 16 nitrogen and oxygen atoms in total. The molecule has 4 atom stereocenters. The molecule has 4 aromatic carbocycles. The van der Waals surface area contributed by atoms with Crippen molar-refractivity contribution in [2.75, 3.05) is 37.9 Å². The number of carbonyl (C=O) groups excluding carboxylic acids is 8. The Morgan fingerprint density at radius 2 is 0.971 bits per heavy atom. The zero-order valence-corrected chi connectivity index (χ0v) is 39.5. The van der Waals surface area contributed by atoms with Crippen molar-refractivity contribution < 1.29 is 47.8 Å². The summed E-state index contributed by atoms with van der Waals surface area (Å²) in [5.74, 6) is -2.93. The van der Waals surface area contributed by atoms with E-state index in [4.69, 9.17) is 9.47 Å². The van der Waals surface area contributed by atoms with Crippen LogP contribution >= 0.6 is 0 Å². The number of hydrogen-bond donors (Lipinski definition) is 4. The number of nitrogens with one attached hydrogen (secondary N) is 4. The number of likely N-dealkylation sites (tertiary alicyclic amines) is 2. The fraction of sp³-hybridized carbons (Fsp3) is 0.396. The van der Waals surface area contributed by atoms with Gasteiger partial charge in [0.1, 0.15) is 24.2 Å². The summed E-state index contributed by atoms with van der Waals surface area (Å²) in [4.78, 5) is 110. The minimum absolute atomic E-state index is 0.195. The molecule has 362 valence electrons. The molecule has 0 aromatic heterocycles. The van der Waals surface area contributed by atoms with Gasteiger partial charge < -0.3 is 40.5 Å². The maximum atomic E-state index is 14.2. The molecule has 2 heterocycles. The average Bonchev–Trinajstić information content (AvgIpc) is 4.04. The lowest BCUT2D eigenvalue weighted by Crippen LogP contribution is -2.48. The quantitative estimate of drug-likeness (QED) is 0.0721. The van der Waals surface area contributed by atoms with Crippen LogP contribution in [-0.4, -0.2) is 96.6 Å². The van der Waals surface area contributed by atoms with Crippen LogP contribution in [0.25, 0.3) is 11.1 Å². The number of unbranched alkanes of at least 4 members (excludes halogenated alkanes) is 4. The van der Waals surface area contributed by atoms with Crippen LogP contribution in [0.5, 0.6) is 0 Å². The molecular weight excluding hydrogens is 881 g/mol. The molecule has 4 N–H and O–H groups in total. The van der Waals surface area contributed by atoms with Gasteiger partial charge in [-0.05, 0) is 70.5 Å². The number of fused-ring (bicyclic) bond motifs is 3. The first kappa shape index (κ1) is 49.5. The van der Waals surface area contributed by atoms with E-state index in [0.717, 1.165) is 73.6 Å². The number of rotatable bonds is 18. The molecule has 3 aliphatic rings. The van der Waals surface area contributed by atoms with Crippen molar-refractivity contribution in [3.63, 3.8) is 0 Å². The van der Waals surface area contributed by atoms with E-state index in [1.807, 2.05) is 24.3 Å². The fourth-order valence-electron chi connectivity index (χ4n) is 9.98. The van der Waals surface area contributed by atoms with E-state index < -0.39 is 65.4 Å². The Balaban J connectivity index is 1.17. The second kappa shape index (κ2) is 22.2. The molecule has 0 saturated carbocycles. The Morgan fingerprint density at radius 1 is 0.580 bits per heavy atom. The first-order valence-corrected chi connectivity index (χ1v) is 23.7. The molecule has 2 fully saturated rings. The van der Waals surface area contributed by atoms with Crippen LogP contribution < -0.4 is 21.3 Å².